The van der Waals surface area contributed by atoms with E-state index in [9.17, 15) is 19.8 Å². The molecular formula is C48H66N2O10. The fourth-order valence-electron chi connectivity index (χ4n) is 16.5. The largest absolute Gasteiger partial charge is 0.469 e. The molecule has 0 aromatic carbocycles. The number of hydrogen-bond donors (Lipinski definition) is 3. The lowest BCUT2D eigenvalue weighted by Gasteiger charge is -2.67. The number of epoxide rings is 1. The summed E-state index contributed by atoms with van der Waals surface area (Å²) in [5, 5.41) is 27.3. The van der Waals surface area contributed by atoms with Gasteiger partial charge >= 0.3 is 11.9 Å². The van der Waals surface area contributed by atoms with Crippen molar-refractivity contribution in [2.75, 3.05) is 26.4 Å². The number of allylic oxidation sites excluding steroid dienone is 1. The number of esters is 2. The third kappa shape index (κ3) is 4.89. The second-order valence-electron chi connectivity index (χ2n) is 22.3. The normalized spacial score (nSPS) is 48.7. The van der Waals surface area contributed by atoms with Crippen molar-refractivity contribution in [2.45, 2.75) is 153 Å². The summed E-state index contributed by atoms with van der Waals surface area (Å²) < 4.78 is 33.2. The summed E-state index contributed by atoms with van der Waals surface area (Å²) in [6, 6.07) is 2.44. The highest BCUT2D eigenvalue weighted by atomic mass is 16.7. The Labute approximate surface area is 353 Å². The van der Waals surface area contributed by atoms with Gasteiger partial charge in [-0.15, -0.1) is 0 Å². The van der Waals surface area contributed by atoms with E-state index in [2.05, 4.69) is 43.3 Å². The molecule has 328 valence electrons. The predicted octanol–water partition coefficient (Wildman–Crippen LogP) is 5.64. The number of fused-ring (bicyclic) bond motifs is 5. The Bertz CT molecular complexity index is 1980. The van der Waals surface area contributed by atoms with Gasteiger partial charge in [-0.1, -0.05) is 46.6 Å². The minimum Gasteiger partial charge on any atom is -0.469 e. The number of aliphatic hydroxyl groups is 2. The van der Waals surface area contributed by atoms with Crippen LogP contribution in [-0.2, 0) is 39.8 Å². The second-order valence-corrected chi connectivity index (χ2v) is 22.3. The lowest BCUT2D eigenvalue weighted by molar-refractivity contribution is -0.264. The smallest absolute Gasteiger partial charge is 0.339 e. The average molecular weight is 831 g/mol. The van der Waals surface area contributed by atoms with Crippen molar-refractivity contribution < 1.29 is 48.0 Å². The average Bonchev–Trinajstić information content (AvgIpc) is 3.66. The van der Waals surface area contributed by atoms with Crippen molar-refractivity contribution in [1.82, 2.24) is 10.2 Å². The van der Waals surface area contributed by atoms with Crippen molar-refractivity contribution >= 4 is 17.7 Å². The topological polar surface area (TPSA) is 160 Å². The summed E-state index contributed by atoms with van der Waals surface area (Å²) >= 11 is 0. The van der Waals surface area contributed by atoms with Crippen molar-refractivity contribution in [3.63, 3.8) is 0 Å². The number of nitrogens with zero attached hydrogens (tertiary/aromatic N) is 1. The van der Waals surface area contributed by atoms with Crippen molar-refractivity contribution in [2.24, 2.45) is 63.1 Å². The van der Waals surface area contributed by atoms with Gasteiger partial charge in [0.25, 0.3) is 0 Å². The molecule has 60 heavy (non-hydrogen) atoms. The summed E-state index contributed by atoms with van der Waals surface area (Å²) in [5.41, 5.74) is -5.18. The van der Waals surface area contributed by atoms with Crippen LogP contribution < -0.4 is 5.32 Å². The van der Waals surface area contributed by atoms with E-state index in [0.717, 1.165) is 57.3 Å². The number of Topliss-reactive ketones (excluding diaryl/α,β-unsaturated/α-hetero) is 1. The lowest BCUT2D eigenvalue weighted by atomic mass is 9.35. The maximum Gasteiger partial charge on any atom is 0.339 e. The first-order valence-electron chi connectivity index (χ1n) is 23.5. The van der Waals surface area contributed by atoms with Gasteiger partial charge in [-0.05, 0) is 112 Å². The van der Waals surface area contributed by atoms with E-state index in [1.54, 1.807) is 6.26 Å². The lowest BCUT2D eigenvalue weighted by Crippen LogP contribution is -2.77. The molecule has 11 rings (SSSR count). The minimum absolute atomic E-state index is 0.0294. The molecule has 12 nitrogen and oxygen atoms in total. The number of furan rings is 1. The van der Waals surface area contributed by atoms with Crippen LogP contribution in [0.2, 0.25) is 0 Å². The van der Waals surface area contributed by atoms with E-state index < -0.39 is 69.2 Å². The first kappa shape index (κ1) is 40.0. The maximum absolute atomic E-state index is 15.4. The molecule has 12 heteroatoms. The first-order chi connectivity index (χ1) is 28.7. The molecule has 3 N–H and O–H groups in total. The van der Waals surface area contributed by atoms with Crippen LogP contribution in [0.15, 0.2) is 29.0 Å². The molecule has 1 aromatic rings. The number of nitrogens with one attached hydrogen (secondary N) is 1. The third-order valence-electron chi connectivity index (χ3n) is 19.3. The van der Waals surface area contributed by atoms with Gasteiger partial charge in [-0.25, -0.2) is 4.79 Å². The number of hydrogen-bond acceptors (Lipinski definition) is 12. The van der Waals surface area contributed by atoms with E-state index in [4.69, 9.17) is 23.4 Å². The molecule has 16 atom stereocenters. The van der Waals surface area contributed by atoms with Crippen molar-refractivity contribution in [3.05, 3.63) is 35.9 Å². The fraction of sp³-hybridized carbons (Fsp3) is 0.812. The summed E-state index contributed by atoms with van der Waals surface area (Å²) in [6.45, 7) is 12.5. The molecule has 4 saturated carbocycles. The molecule has 1 aromatic heterocycles. The van der Waals surface area contributed by atoms with Gasteiger partial charge in [-0.3, -0.25) is 14.9 Å². The molecule has 10 aliphatic rings. The van der Waals surface area contributed by atoms with Crippen LogP contribution in [0.1, 0.15) is 123 Å². The van der Waals surface area contributed by atoms with Gasteiger partial charge < -0.3 is 38.5 Å². The van der Waals surface area contributed by atoms with Crippen LogP contribution in [0.3, 0.4) is 0 Å². The van der Waals surface area contributed by atoms with Crippen LogP contribution in [0.25, 0.3) is 0 Å². The number of carbonyl (C=O) groups is 3. The van der Waals surface area contributed by atoms with Crippen LogP contribution >= 0.6 is 0 Å². The highest BCUT2D eigenvalue weighted by Gasteiger charge is 2.92. The molecule has 4 aliphatic carbocycles. The monoisotopic (exact) mass is 830 g/mol. The maximum atomic E-state index is 15.4. The Morgan fingerprint density at radius 2 is 1.82 bits per heavy atom. The molecule has 5 saturated heterocycles. The Kier molecular flexibility index (Phi) is 8.93. The standard InChI is InChI=1S/C48H66N2O10/c1-26(2)10-17-44(4)36-35(52)37(53)45(5)34(47(36)24-57-42(55)46(41(47)60-44)14-6-7-15-46)11-16-43(3)38(58-40(54)39-48(43,45)59-39)31-13-19-56-33(31)21-29(23-51)27-8-9-30-28(20-27)12-18-50-25-49-22-32(30)50/h12-13,18-19,26-30,32,34,36-39,41,49,51,53H,6-11,14-17,20-25H2,1-5H3. The van der Waals surface area contributed by atoms with E-state index in [-0.39, 0.29) is 36.8 Å². The minimum atomic E-state index is -1.44. The zero-order chi connectivity index (χ0) is 41.8. The van der Waals surface area contributed by atoms with Gasteiger partial charge in [0.2, 0.25) is 0 Å². The number of cyclic esters (lactones) is 2. The quantitative estimate of drug-likeness (QED) is 0.219. The zero-order valence-electron chi connectivity index (χ0n) is 36.2. The second kappa shape index (κ2) is 13.4. The molecule has 0 amide bonds. The van der Waals surface area contributed by atoms with Crippen molar-refractivity contribution in [3.8, 4) is 0 Å². The molecular weight excluding hydrogens is 765 g/mol. The first-order valence-corrected chi connectivity index (χ1v) is 23.5. The Hall–Kier alpha value is -2.77. The highest BCUT2D eigenvalue weighted by Crippen LogP contribution is 2.81. The molecule has 7 heterocycles. The predicted molar refractivity (Wildman–Crippen MR) is 216 cm³/mol. The molecule has 3 spiro atoms. The van der Waals surface area contributed by atoms with E-state index in [1.807, 2.05) is 19.9 Å². The Morgan fingerprint density at radius 1 is 1.02 bits per heavy atom. The number of carbonyl (C=O) groups excluding carboxylic acids is 3. The third-order valence-corrected chi connectivity index (χ3v) is 19.3. The van der Waals surface area contributed by atoms with Crippen LogP contribution in [0.5, 0.6) is 0 Å². The van der Waals surface area contributed by atoms with E-state index in [1.165, 1.54) is 0 Å². The van der Waals surface area contributed by atoms with Crippen LogP contribution in [0.4, 0.5) is 0 Å². The van der Waals surface area contributed by atoms with Gasteiger partial charge in [0.05, 0.1) is 36.0 Å². The van der Waals surface area contributed by atoms with Crippen LogP contribution in [0, 0.1) is 63.1 Å². The number of ether oxygens (including phenoxy) is 4. The van der Waals surface area contributed by atoms with E-state index in [0.29, 0.717) is 74.0 Å². The summed E-state index contributed by atoms with van der Waals surface area (Å²) in [5.74, 6) is 0.422. The summed E-state index contributed by atoms with van der Waals surface area (Å²) in [4.78, 5) is 46.2. The van der Waals surface area contributed by atoms with Gasteiger partial charge in [0.1, 0.15) is 30.2 Å². The zero-order valence-corrected chi connectivity index (χ0v) is 36.2. The SMILES string of the molecule is CC(C)CCC1(C)OC2C3(CCCC3)C(=O)OCC23C1C(=O)C(O)C1(C)C3CCC2(C)C(c3ccoc3CC(CO)C3CCC4C(C=CN5CNCC45)C3)OC(=O)C3OC321. The number of ketones is 1. The Balaban J connectivity index is 0.945. The fourth-order valence-corrected chi connectivity index (χ4v) is 16.5. The highest BCUT2D eigenvalue weighted by molar-refractivity contribution is 5.92. The van der Waals surface area contributed by atoms with Crippen LogP contribution in [-0.4, -0.2) is 94.8 Å². The molecule has 6 aliphatic heterocycles. The molecule has 16 unspecified atom stereocenters. The molecule has 0 bridgehead atoms. The van der Waals surface area contributed by atoms with Gasteiger partial charge in [0, 0.05) is 47.4 Å². The van der Waals surface area contributed by atoms with E-state index >= 15 is 4.79 Å². The number of aliphatic hydroxyl groups excluding tert-OH is 2. The van der Waals surface area contributed by atoms with Gasteiger partial charge in [0.15, 0.2) is 11.9 Å². The summed E-state index contributed by atoms with van der Waals surface area (Å²) in [7, 11) is 0. The van der Waals surface area contributed by atoms with Crippen molar-refractivity contribution in [1.29, 1.82) is 0 Å². The summed E-state index contributed by atoms with van der Waals surface area (Å²) in [6.07, 6.45) is 12.0. The molecule has 9 fully saturated rings. The molecule has 0 radical (unpaired) electrons. The Morgan fingerprint density at radius 3 is 2.58 bits per heavy atom. The van der Waals surface area contributed by atoms with Gasteiger partial charge in [-0.2, -0.15) is 0 Å². The number of rotatable bonds is 8.